The zero-order chi connectivity index (χ0) is 14.3. The first-order chi connectivity index (χ1) is 8.77. The predicted octanol–water partition coefficient (Wildman–Crippen LogP) is 1.36. The first-order valence-electron chi connectivity index (χ1n) is 6.50. The number of hydrogen-bond donors (Lipinski definition) is 1. The first kappa shape index (κ1) is 14.2. The lowest BCUT2D eigenvalue weighted by Gasteiger charge is -2.32. The van der Waals surface area contributed by atoms with Crippen molar-refractivity contribution in [1.82, 2.24) is 4.98 Å². The number of anilines is 1. The van der Waals surface area contributed by atoms with E-state index in [0.717, 1.165) is 5.46 Å². The number of nitrogen functional groups attached to an aromatic ring is 1. The normalized spacial score (nSPS) is 20.6. The van der Waals surface area contributed by atoms with Gasteiger partial charge in [-0.1, -0.05) is 0 Å². The molecule has 19 heavy (non-hydrogen) atoms. The Kier molecular flexibility index (Phi) is 3.49. The molecule has 2 rings (SSSR count). The van der Waals surface area contributed by atoms with Crippen LogP contribution in [0.5, 0.6) is 5.88 Å². The van der Waals surface area contributed by atoms with Gasteiger partial charge in [0.1, 0.15) is 0 Å². The van der Waals surface area contributed by atoms with E-state index >= 15 is 0 Å². The second kappa shape index (κ2) is 4.69. The van der Waals surface area contributed by atoms with Crippen LogP contribution in [-0.4, -0.2) is 29.9 Å². The molecule has 0 atom stereocenters. The molecule has 1 saturated heterocycles. The number of hydrogen-bond acceptors (Lipinski definition) is 5. The van der Waals surface area contributed by atoms with E-state index in [-0.39, 0.29) is 11.2 Å². The Morgan fingerprint density at radius 1 is 1.26 bits per heavy atom. The zero-order valence-corrected chi connectivity index (χ0v) is 12.2. The smallest absolute Gasteiger partial charge is 0.477 e. The minimum atomic E-state index is -0.449. The fourth-order valence-corrected chi connectivity index (χ4v) is 1.85. The molecule has 0 unspecified atom stereocenters. The van der Waals surface area contributed by atoms with Gasteiger partial charge < -0.3 is 19.8 Å². The molecule has 2 heterocycles. The molecule has 6 heteroatoms. The van der Waals surface area contributed by atoms with Crippen molar-refractivity contribution in [2.45, 2.75) is 45.8 Å². The molecular formula is C13H21BN2O3. The van der Waals surface area contributed by atoms with Gasteiger partial charge in [0.2, 0.25) is 5.88 Å². The van der Waals surface area contributed by atoms with Gasteiger partial charge in [-0.25, -0.2) is 4.98 Å². The zero-order valence-electron chi connectivity index (χ0n) is 12.2. The Morgan fingerprint density at radius 2 is 1.84 bits per heavy atom. The number of nitrogens with zero attached hydrogens (tertiary/aromatic N) is 1. The lowest BCUT2D eigenvalue weighted by molar-refractivity contribution is 0.00578. The molecule has 0 spiro atoms. The molecule has 1 aromatic heterocycles. The van der Waals surface area contributed by atoms with Gasteiger partial charge in [0.05, 0.1) is 23.5 Å². The van der Waals surface area contributed by atoms with Gasteiger partial charge in [0.15, 0.2) is 0 Å². The van der Waals surface area contributed by atoms with Crippen LogP contribution >= 0.6 is 0 Å². The average molecular weight is 264 g/mol. The highest BCUT2D eigenvalue weighted by Gasteiger charge is 2.51. The van der Waals surface area contributed by atoms with Gasteiger partial charge in [0.25, 0.3) is 0 Å². The summed E-state index contributed by atoms with van der Waals surface area (Å²) < 4.78 is 17.2. The third-order valence-corrected chi connectivity index (χ3v) is 3.71. The second-order valence-corrected chi connectivity index (χ2v) is 5.68. The van der Waals surface area contributed by atoms with Crippen molar-refractivity contribution in [2.75, 3.05) is 12.3 Å². The molecule has 5 nitrogen and oxygen atoms in total. The fourth-order valence-electron chi connectivity index (χ4n) is 1.85. The summed E-state index contributed by atoms with van der Waals surface area (Å²) in [6.07, 6.45) is 1.68. The lowest BCUT2D eigenvalue weighted by Crippen LogP contribution is -2.41. The van der Waals surface area contributed by atoms with E-state index < -0.39 is 7.12 Å². The number of aromatic nitrogens is 1. The van der Waals surface area contributed by atoms with E-state index in [2.05, 4.69) is 4.98 Å². The summed E-state index contributed by atoms with van der Waals surface area (Å²) in [5, 5.41) is 0. The molecule has 0 bridgehead atoms. The van der Waals surface area contributed by atoms with Crippen LogP contribution in [0.1, 0.15) is 34.6 Å². The number of pyridine rings is 1. The standard InChI is InChI=1S/C13H21BN2O3/c1-6-17-11-10(15)7-9(8-16-11)14-18-12(2,3)13(4,5)19-14/h7-8H,6,15H2,1-5H3. The average Bonchev–Trinajstić information content (AvgIpc) is 2.51. The Morgan fingerprint density at radius 3 is 2.32 bits per heavy atom. The summed E-state index contributed by atoms with van der Waals surface area (Å²) in [5.41, 5.74) is 6.47. The minimum absolute atomic E-state index is 0.370. The SMILES string of the molecule is CCOc1ncc(B2OC(C)(C)C(C)(C)O2)cc1N. The molecule has 2 N–H and O–H groups in total. The van der Waals surface area contributed by atoms with Crippen molar-refractivity contribution in [3.63, 3.8) is 0 Å². The van der Waals surface area contributed by atoms with Gasteiger partial charge in [-0.2, -0.15) is 0 Å². The van der Waals surface area contributed by atoms with Gasteiger partial charge in [-0.05, 0) is 40.7 Å². The molecule has 0 amide bonds. The summed E-state index contributed by atoms with van der Waals surface area (Å²) in [6.45, 7) is 10.5. The van der Waals surface area contributed by atoms with Crippen molar-refractivity contribution in [3.8, 4) is 5.88 Å². The maximum atomic E-state index is 5.95. The van der Waals surface area contributed by atoms with Crippen molar-refractivity contribution in [3.05, 3.63) is 12.3 Å². The molecule has 1 aliphatic rings. The first-order valence-corrected chi connectivity index (χ1v) is 6.50. The van der Waals surface area contributed by atoms with E-state index in [1.165, 1.54) is 0 Å². The van der Waals surface area contributed by atoms with Gasteiger partial charge in [-0.15, -0.1) is 0 Å². The maximum absolute atomic E-state index is 5.95. The summed E-state index contributed by atoms with van der Waals surface area (Å²) in [5.74, 6) is 0.447. The van der Waals surface area contributed by atoms with E-state index in [4.69, 9.17) is 19.8 Å². The van der Waals surface area contributed by atoms with Crippen molar-refractivity contribution in [2.24, 2.45) is 0 Å². The van der Waals surface area contributed by atoms with Crippen molar-refractivity contribution in [1.29, 1.82) is 0 Å². The summed E-state index contributed by atoms with van der Waals surface area (Å²) in [4.78, 5) is 4.20. The van der Waals surface area contributed by atoms with E-state index in [1.807, 2.05) is 34.6 Å². The van der Waals surface area contributed by atoms with Crippen LogP contribution in [-0.2, 0) is 9.31 Å². The van der Waals surface area contributed by atoms with Crippen LogP contribution in [0.3, 0.4) is 0 Å². The quantitative estimate of drug-likeness (QED) is 0.835. The van der Waals surface area contributed by atoms with Crippen LogP contribution in [0.15, 0.2) is 12.3 Å². The third kappa shape index (κ3) is 2.55. The number of ether oxygens (including phenoxy) is 1. The third-order valence-electron chi connectivity index (χ3n) is 3.71. The predicted molar refractivity (Wildman–Crippen MR) is 75.5 cm³/mol. The number of rotatable bonds is 3. The largest absolute Gasteiger partial charge is 0.496 e. The Hall–Kier alpha value is -1.27. The monoisotopic (exact) mass is 264 g/mol. The topological polar surface area (TPSA) is 66.6 Å². The van der Waals surface area contributed by atoms with Gasteiger partial charge >= 0.3 is 7.12 Å². The van der Waals surface area contributed by atoms with Crippen LogP contribution in [0.2, 0.25) is 0 Å². The molecule has 0 aromatic carbocycles. The highest BCUT2D eigenvalue weighted by atomic mass is 16.7. The molecular weight excluding hydrogens is 243 g/mol. The lowest BCUT2D eigenvalue weighted by atomic mass is 9.80. The highest BCUT2D eigenvalue weighted by molar-refractivity contribution is 6.62. The Labute approximate surface area is 114 Å². The van der Waals surface area contributed by atoms with E-state index in [9.17, 15) is 0 Å². The molecule has 1 aliphatic heterocycles. The molecule has 104 valence electrons. The number of nitrogens with two attached hydrogens (primary N) is 1. The molecule has 1 fully saturated rings. The minimum Gasteiger partial charge on any atom is -0.477 e. The van der Waals surface area contributed by atoms with Crippen molar-refractivity contribution < 1.29 is 14.0 Å². The Balaban J connectivity index is 2.23. The van der Waals surface area contributed by atoms with Crippen LogP contribution in [0, 0.1) is 0 Å². The second-order valence-electron chi connectivity index (χ2n) is 5.68. The van der Waals surface area contributed by atoms with Crippen LogP contribution in [0.25, 0.3) is 0 Å². The van der Waals surface area contributed by atoms with Gasteiger partial charge in [0, 0.05) is 11.7 Å². The van der Waals surface area contributed by atoms with Gasteiger partial charge in [-0.3, -0.25) is 0 Å². The van der Waals surface area contributed by atoms with Crippen molar-refractivity contribution >= 4 is 18.3 Å². The Bertz CT molecular complexity index is 461. The summed E-state index contributed by atoms with van der Waals surface area (Å²) in [7, 11) is -0.449. The molecule has 0 aliphatic carbocycles. The van der Waals surface area contributed by atoms with E-state index in [1.54, 1.807) is 12.3 Å². The molecule has 0 saturated carbocycles. The summed E-state index contributed by atoms with van der Waals surface area (Å²) >= 11 is 0. The fraction of sp³-hybridized carbons (Fsp3) is 0.615. The molecule has 0 radical (unpaired) electrons. The maximum Gasteiger partial charge on any atom is 0.496 e. The van der Waals surface area contributed by atoms with Crippen LogP contribution in [0.4, 0.5) is 5.69 Å². The van der Waals surface area contributed by atoms with E-state index in [0.29, 0.717) is 18.2 Å². The van der Waals surface area contributed by atoms with Crippen LogP contribution < -0.4 is 15.9 Å². The molecule has 1 aromatic rings. The summed E-state index contributed by atoms with van der Waals surface area (Å²) in [6, 6.07) is 1.79. The highest BCUT2D eigenvalue weighted by Crippen LogP contribution is 2.36.